The zero-order valence-corrected chi connectivity index (χ0v) is 12.6. The summed E-state index contributed by atoms with van der Waals surface area (Å²) < 4.78 is 0. The number of aromatic nitrogens is 1. The van der Waals surface area contributed by atoms with Crippen LogP contribution in [0.2, 0.25) is 0 Å². The summed E-state index contributed by atoms with van der Waals surface area (Å²) in [7, 11) is 2.05. The van der Waals surface area contributed by atoms with Crippen LogP contribution < -0.4 is 10.6 Å². The van der Waals surface area contributed by atoms with E-state index >= 15 is 0 Å². The molecule has 102 valence electrons. The van der Waals surface area contributed by atoms with Crippen LogP contribution in [0.15, 0.2) is 30.3 Å². The fourth-order valence-corrected chi connectivity index (χ4v) is 3.02. The second kappa shape index (κ2) is 6.17. The lowest BCUT2D eigenvalue weighted by molar-refractivity contribution is 0.703. The van der Waals surface area contributed by atoms with Crippen LogP contribution in [0.4, 0.5) is 10.8 Å². The van der Waals surface area contributed by atoms with Gasteiger partial charge in [0.25, 0.3) is 0 Å². The molecule has 0 saturated carbocycles. The van der Waals surface area contributed by atoms with Crippen LogP contribution in [-0.4, -0.2) is 12.0 Å². The van der Waals surface area contributed by atoms with E-state index in [1.807, 2.05) is 18.2 Å². The van der Waals surface area contributed by atoms with Crippen molar-refractivity contribution in [2.45, 2.75) is 32.7 Å². The SMILES string of the molecule is CCC(C)c1nc(N(C)c2ccccc2)sc1CN. The first kappa shape index (κ1) is 14.0. The lowest BCUT2D eigenvalue weighted by Crippen LogP contribution is -2.09. The van der Waals surface area contributed by atoms with Crippen LogP contribution in [0.25, 0.3) is 0 Å². The van der Waals surface area contributed by atoms with Gasteiger partial charge < -0.3 is 10.6 Å². The van der Waals surface area contributed by atoms with Crippen molar-refractivity contribution in [3.05, 3.63) is 40.9 Å². The van der Waals surface area contributed by atoms with E-state index in [9.17, 15) is 0 Å². The number of rotatable bonds is 5. The van der Waals surface area contributed by atoms with Crippen molar-refractivity contribution in [2.75, 3.05) is 11.9 Å². The van der Waals surface area contributed by atoms with Crippen molar-refractivity contribution < 1.29 is 0 Å². The third kappa shape index (κ3) is 2.96. The molecule has 1 aromatic carbocycles. The molecule has 2 N–H and O–H groups in total. The van der Waals surface area contributed by atoms with Gasteiger partial charge in [0, 0.05) is 24.2 Å². The summed E-state index contributed by atoms with van der Waals surface area (Å²) >= 11 is 1.70. The summed E-state index contributed by atoms with van der Waals surface area (Å²) in [5, 5.41) is 1.02. The number of para-hydroxylation sites is 1. The lowest BCUT2D eigenvalue weighted by atomic mass is 10.0. The summed E-state index contributed by atoms with van der Waals surface area (Å²) in [6.07, 6.45) is 1.09. The first-order valence-electron chi connectivity index (χ1n) is 6.65. The quantitative estimate of drug-likeness (QED) is 0.900. The van der Waals surface area contributed by atoms with E-state index in [1.165, 1.54) is 4.88 Å². The monoisotopic (exact) mass is 275 g/mol. The second-order valence-electron chi connectivity index (χ2n) is 4.71. The molecule has 2 aromatic rings. The Morgan fingerprint density at radius 2 is 2.00 bits per heavy atom. The van der Waals surface area contributed by atoms with Gasteiger partial charge in [0.05, 0.1) is 5.69 Å². The zero-order chi connectivity index (χ0) is 13.8. The molecule has 0 aliphatic heterocycles. The van der Waals surface area contributed by atoms with E-state index in [-0.39, 0.29) is 0 Å². The first-order valence-corrected chi connectivity index (χ1v) is 7.47. The molecule has 0 spiro atoms. The molecule has 0 radical (unpaired) electrons. The molecule has 19 heavy (non-hydrogen) atoms. The summed E-state index contributed by atoms with van der Waals surface area (Å²) in [4.78, 5) is 8.11. The van der Waals surface area contributed by atoms with Crippen LogP contribution in [0.1, 0.15) is 36.8 Å². The van der Waals surface area contributed by atoms with E-state index in [1.54, 1.807) is 11.3 Å². The molecule has 0 amide bonds. The number of thiazole rings is 1. The Balaban J connectivity index is 2.33. The van der Waals surface area contributed by atoms with Crippen LogP contribution in [0.3, 0.4) is 0 Å². The van der Waals surface area contributed by atoms with Crippen LogP contribution >= 0.6 is 11.3 Å². The average molecular weight is 275 g/mol. The van der Waals surface area contributed by atoms with Crippen molar-refractivity contribution in [3.8, 4) is 0 Å². The molecule has 1 aromatic heterocycles. The van der Waals surface area contributed by atoms with Crippen molar-refractivity contribution in [2.24, 2.45) is 5.73 Å². The maximum absolute atomic E-state index is 5.85. The van der Waals surface area contributed by atoms with Gasteiger partial charge in [-0.3, -0.25) is 0 Å². The highest BCUT2D eigenvalue weighted by atomic mass is 32.1. The van der Waals surface area contributed by atoms with E-state index in [4.69, 9.17) is 10.7 Å². The van der Waals surface area contributed by atoms with Gasteiger partial charge in [0.2, 0.25) is 0 Å². The van der Waals surface area contributed by atoms with Crippen molar-refractivity contribution in [3.63, 3.8) is 0 Å². The Bertz CT molecular complexity index is 521. The van der Waals surface area contributed by atoms with Crippen molar-refractivity contribution in [1.82, 2.24) is 4.98 Å². The van der Waals surface area contributed by atoms with Crippen LogP contribution in [0, 0.1) is 0 Å². The Morgan fingerprint density at radius 1 is 1.32 bits per heavy atom. The molecule has 1 atom stereocenters. The van der Waals surface area contributed by atoms with Gasteiger partial charge in [0.1, 0.15) is 0 Å². The topological polar surface area (TPSA) is 42.2 Å². The number of nitrogens with two attached hydrogens (primary N) is 1. The summed E-state index contributed by atoms with van der Waals surface area (Å²) in [6.45, 7) is 4.96. The fourth-order valence-electron chi connectivity index (χ4n) is 1.98. The summed E-state index contributed by atoms with van der Waals surface area (Å²) in [6, 6.07) is 10.3. The molecule has 0 saturated heterocycles. The van der Waals surface area contributed by atoms with Gasteiger partial charge in [-0.05, 0) is 24.5 Å². The largest absolute Gasteiger partial charge is 0.326 e. The summed E-state index contributed by atoms with van der Waals surface area (Å²) in [5.41, 5.74) is 8.16. The summed E-state index contributed by atoms with van der Waals surface area (Å²) in [5.74, 6) is 0.465. The number of hydrogen-bond acceptors (Lipinski definition) is 4. The molecule has 3 nitrogen and oxygen atoms in total. The highest BCUT2D eigenvalue weighted by molar-refractivity contribution is 7.15. The van der Waals surface area contributed by atoms with E-state index in [0.29, 0.717) is 12.5 Å². The molecular formula is C15H21N3S. The van der Waals surface area contributed by atoms with Gasteiger partial charge in [-0.25, -0.2) is 4.98 Å². The second-order valence-corrected chi connectivity index (χ2v) is 5.77. The van der Waals surface area contributed by atoms with Gasteiger partial charge in [-0.15, -0.1) is 0 Å². The number of benzene rings is 1. The Labute approximate surface area is 119 Å². The zero-order valence-electron chi connectivity index (χ0n) is 11.8. The Kier molecular flexibility index (Phi) is 4.56. The minimum atomic E-state index is 0.465. The maximum Gasteiger partial charge on any atom is 0.190 e. The molecule has 0 bridgehead atoms. The predicted octanol–water partition coefficient (Wildman–Crippen LogP) is 3.88. The third-order valence-corrected chi connectivity index (χ3v) is 4.58. The maximum atomic E-state index is 5.85. The van der Waals surface area contributed by atoms with Gasteiger partial charge in [0.15, 0.2) is 5.13 Å². The van der Waals surface area contributed by atoms with E-state index < -0.39 is 0 Å². The van der Waals surface area contributed by atoms with E-state index in [2.05, 4.69) is 37.9 Å². The fraction of sp³-hybridized carbons (Fsp3) is 0.400. The van der Waals surface area contributed by atoms with Crippen LogP contribution in [0.5, 0.6) is 0 Å². The van der Waals surface area contributed by atoms with E-state index in [0.717, 1.165) is 22.9 Å². The standard InChI is InChI=1S/C15H21N3S/c1-4-11(2)14-13(10-16)19-15(17-14)18(3)12-8-6-5-7-9-12/h5-9,11H,4,10,16H2,1-3H3. The molecule has 1 heterocycles. The van der Waals surface area contributed by atoms with Gasteiger partial charge >= 0.3 is 0 Å². The third-order valence-electron chi connectivity index (χ3n) is 3.41. The minimum absolute atomic E-state index is 0.465. The Hall–Kier alpha value is -1.39. The predicted molar refractivity (Wildman–Crippen MR) is 83.2 cm³/mol. The van der Waals surface area contributed by atoms with Gasteiger partial charge in [-0.2, -0.15) is 0 Å². The number of anilines is 2. The molecule has 0 aliphatic rings. The molecule has 0 fully saturated rings. The lowest BCUT2D eigenvalue weighted by Gasteiger charge is -2.15. The van der Waals surface area contributed by atoms with Crippen molar-refractivity contribution >= 4 is 22.2 Å². The smallest absolute Gasteiger partial charge is 0.190 e. The molecule has 0 aliphatic carbocycles. The molecule has 2 rings (SSSR count). The minimum Gasteiger partial charge on any atom is -0.326 e. The Morgan fingerprint density at radius 3 is 2.58 bits per heavy atom. The highest BCUT2D eigenvalue weighted by Gasteiger charge is 2.17. The first-order chi connectivity index (χ1) is 9.17. The molecule has 1 unspecified atom stereocenters. The molecule has 4 heteroatoms. The highest BCUT2D eigenvalue weighted by Crippen LogP contribution is 2.34. The van der Waals surface area contributed by atoms with Crippen molar-refractivity contribution in [1.29, 1.82) is 0 Å². The van der Waals surface area contributed by atoms with Crippen LogP contribution in [-0.2, 0) is 6.54 Å². The number of nitrogens with zero attached hydrogens (tertiary/aromatic N) is 2. The van der Waals surface area contributed by atoms with Gasteiger partial charge in [-0.1, -0.05) is 43.4 Å². The average Bonchev–Trinajstić information content (AvgIpc) is 2.90. The molecular weight excluding hydrogens is 254 g/mol. The number of hydrogen-bond donors (Lipinski definition) is 1. The normalized spacial score (nSPS) is 12.4.